The van der Waals surface area contributed by atoms with Crippen molar-refractivity contribution in [1.82, 2.24) is 20.8 Å². The summed E-state index contributed by atoms with van der Waals surface area (Å²) in [6, 6.07) is 7.75. The van der Waals surface area contributed by atoms with E-state index in [1.54, 1.807) is 0 Å². The summed E-state index contributed by atoms with van der Waals surface area (Å²) in [6.07, 6.45) is 0.770. The standard InChI is InChI=1S/C15H25N5O3/c1-18(9-4-8-16-15(21)22)10-5-11-19-12-13-6-2-3-7-14(13)20(23)17-19/h2-3,6-7,16-17,23H,4-5,8-12H2,1H3,(H,21,22). The lowest BCUT2D eigenvalue weighted by atomic mass is 10.1. The van der Waals surface area contributed by atoms with Gasteiger partial charge in [-0.1, -0.05) is 18.2 Å². The van der Waals surface area contributed by atoms with Gasteiger partial charge in [-0.05, 0) is 44.6 Å². The van der Waals surface area contributed by atoms with Crippen molar-refractivity contribution >= 4 is 11.8 Å². The van der Waals surface area contributed by atoms with Crippen molar-refractivity contribution < 1.29 is 15.1 Å². The van der Waals surface area contributed by atoms with Gasteiger partial charge in [0.2, 0.25) is 0 Å². The molecule has 0 radical (unpaired) electrons. The first-order valence-corrected chi connectivity index (χ1v) is 7.80. The number of para-hydroxylation sites is 1. The van der Waals surface area contributed by atoms with E-state index in [2.05, 4.69) is 15.8 Å². The minimum Gasteiger partial charge on any atom is -0.465 e. The van der Waals surface area contributed by atoms with Crippen molar-refractivity contribution in [2.45, 2.75) is 19.4 Å². The Morgan fingerprint density at radius 3 is 2.87 bits per heavy atom. The van der Waals surface area contributed by atoms with Gasteiger partial charge in [0.15, 0.2) is 0 Å². The Bertz CT molecular complexity index is 514. The van der Waals surface area contributed by atoms with Gasteiger partial charge >= 0.3 is 6.09 Å². The molecule has 1 aromatic carbocycles. The molecule has 128 valence electrons. The summed E-state index contributed by atoms with van der Waals surface area (Å²) in [6.45, 7) is 3.80. The Morgan fingerprint density at radius 1 is 1.35 bits per heavy atom. The van der Waals surface area contributed by atoms with Gasteiger partial charge in [-0.2, -0.15) is 5.17 Å². The molecular formula is C15H25N5O3. The number of nitrogens with zero attached hydrogens (tertiary/aromatic N) is 3. The molecule has 0 aromatic heterocycles. The number of fused-ring (bicyclic) bond motifs is 1. The van der Waals surface area contributed by atoms with E-state index in [1.165, 1.54) is 0 Å². The molecule has 0 fully saturated rings. The maximum atomic E-state index is 10.3. The third-order valence-electron chi connectivity index (χ3n) is 3.78. The third-order valence-corrected chi connectivity index (χ3v) is 3.78. The fourth-order valence-electron chi connectivity index (χ4n) is 2.60. The first-order valence-electron chi connectivity index (χ1n) is 7.80. The number of rotatable bonds is 8. The zero-order chi connectivity index (χ0) is 16.7. The second-order valence-corrected chi connectivity index (χ2v) is 5.70. The molecule has 1 aliphatic rings. The Labute approximate surface area is 136 Å². The van der Waals surface area contributed by atoms with Gasteiger partial charge in [0.1, 0.15) is 0 Å². The zero-order valence-electron chi connectivity index (χ0n) is 13.4. The molecule has 0 atom stereocenters. The molecule has 1 aliphatic heterocycles. The quantitative estimate of drug-likeness (QED) is 0.532. The van der Waals surface area contributed by atoms with Crippen LogP contribution in [-0.4, -0.2) is 59.5 Å². The van der Waals surface area contributed by atoms with Gasteiger partial charge in [0.25, 0.3) is 0 Å². The van der Waals surface area contributed by atoms with Gasteiger partial charge < -0.3 is 15.3 Å². The second kappa shape index (κ2) is 8.68. The van der Waals surface area contributed by atoms with Crippen molar-refractivity contribution in [3.63, 3.8) is 0 Å². The van der Waals surface area contributed by atoms with E-state index in [9.17, 15) is 10.0 Å². The van der Waals surface area contributed by atoms with Crippen LogP contribution in [0.5, 0.6) is 0 Å². The summed E-state index contributed by atoms with van der Waals surface area (Å²) in [5.41, 5.74) is 4.81. The lowest BCUT2D eigenvalue weighted by Gasteiger charge is -2.35. The highest BCUT2D eigenvalue weighted by Gasteiger charge is 2.20. The van der Waals surface area contributed by atoms with Crippen molar-refractivity contribution in [2.24, 2.45) is 0 Å². The van der Waals surface area contributed by atoms with Crippen molar-refractivity contribution in [3.8, 4) is 0 Å². The highest BCUT2D eigenvalue weighted by molar-refractivity contribution is 5.64. The molecule has 0 saturated carbocycles. The van der Waals surface area contributed by atoms with Crippen molar-refractivity contribution in [3.05, 3.63) is 29.8 Å². The summed E-state index contributed by atoms with van der Waals surface area (Å²) in [4.78, 5) is 12.5. The van der Waals surface area contributed by atoms with Crippen LogP contribution in [0.2, 0.25) is 0 Å². The van der Waals surface area contributed by atoms with Crippen LogP contribution in [-0.2, 0) is 6.54 Å². The van der Waals surface area contributed by atoms with Crippen LogP contribution in [0.3, 0.4) is 0 Å². The Balaban J connectivity index is 1.64. The van der Waals surface area contributed by atoms with Crippen molar-refractivity contribution in [2.75, 3.05) is 38.4 Å². The number of anilines is 1. The van der Waals surface area contributed by atoms with E-state index >= 15 is 0 Å². The number of benzene rings is 1. The molecular weight excluding hydrogens is 298 g/mol. The summed E-state index contributed by atoms with van der Waals surface area (Å²) >= 11 is 0. The maximum Gasteiger partial charge on any atom is 0.404 e. The van der Waals surface area contributed by atoms with Gasteiger partial charge in [-0.3, -0.25) is 5.21 Å². The molecule has 0 saturated heterocycles. The molecule has 23 heavy (non-hydrogen) atoms. The zero-order valence-corrected chi connectivity index (χ0v) is 13.4. The van der Waals surface area contributed by atoms with E-state index < -0.39 is 6.09 Å². The van der Waals surface area contributed by atoms with Crippen LogP contribution in [0.15, 0.2) is 24.3 Å². The van der Waals surface area contributed by atoms with E-state index in [0.29, 0.717) is 6.54 Å². The van der Waals surface area contributed by atoms with Crippen LogP contribution in [0.1, 0.15) is 18.4 Å². The maximum absolute atomic E-state index is 10.3. The number of carboxylic acid groups (broad SMARTS) is 1. The molecule has 2 rings (SSSR count). The van der Waals surface area contributed by atoms with E-state index in [0.717, 1.165) is 55.4 Å². The Morgan fingerprint density at radius 2 is 2.09 bits per heavy atom. The van der Waals surface area contributed by atoms with Gasteiger partial charge in [-0.15, -0.1) is 5.53 Å². The molecule has 0 aliphatic carbocycles. The van der Waals surface area contributed by atoms with Gasteiger partial charge in [0, 0.05) is 19.6 Å². The SMILES string of the molecule is CN(CCCNC(=O)O)CCCN1Cc2ccccc2N(O)N1. The van der Waals surface area contributed by atoms with E-state index in [4.69, 9.17) is 5.11 Å². The van der Waals surface area contributed by atoms with Crippen LogP contribution in [0, 0.1) is 0 Å². The number of hydrogen-bond acceptors (Lipinski definition) is 6. The average Bonchev–Trinajstić information content (AvgIpc) is 2.51. The highest BCUT2D eigenvalue weighted by Crippen LogP contribution is 2.22. The first-order chi connectivity index (χ1) is 11.1. The third kappa shape index (κ3) is 5.68. The monoisotopic (exact) mass is 323 g/mol. The van der Waals surface area contributed by atoms with Crippen LogP contribution >= 0.6 is 0 Å². The molecule has 0 spiro atoms. The number of carbonyl (C=O) groups is 1. The van der Waals surface area contributed by atoms with E-state index in [1.807, 2.05) is 36.3 Å². The topological polar surface area (TPSA) is 91.3 Å². The highest BCUT2D eigenvalue weighted by atomic mass is 16.6. The van der Waals surface area contributed by atoms with Crippen LogP contribution in [0.25, 0.3) is 0 Å². The minimum absolute atomic E-state index is 0.476. The number of hydrogen-bond donors (Lipinski definition) is 4. The Hall–Kier alpha value is -1.87. The predicted octanol–water partition coefficient (Wildman–Crippen LogP) is 1.10. The number of nitrogens with one attached hydrogen (secondary N) is 2. The van der Waals surface area contributed by atoms with Crippen LogP contribution < -0.4 is 16.0 Å². The molecule has 8 nitrogen and oxygen atoms in total. The molecule has 1 heterocycles. The molecule has 0 bridgehead atoms. The molecule has 4 N–H and O–H groups in total. The summed E-state index contributed by atoms with van der Waals surface area (Å²) in [5, 5.41) is 23.8. The first kappa shape index (κ1) is 17.5. The largest absolute Gasteiger partial charge is 0.465 e. The summed E-state index contributed by atoms with van der Waals surface area (Å²) in [5.74, 6) is 0. The lowest BCUT2D eigenvalue weighted by molar-refractivity contribution is 0.0596. The molecule has 0 unspecified atom stereocenters. The molecule has 1 amide bonds. The number of amides is 1. The predicted molar refractivity (Wildman–Crippen MR) is 87.0 cm³/mol. The minimum atomic E-state index is -0.974. The van der Waals surface area contributed by atoms with E-state index in [-0.39, 0.29) is 0 Å². The number of hydrazine groups is 2. The average molecular weight is 323 g/mol. The van der Waals surface area contributed by atoms with Gasteiger partial charge in [0.05, 0.1) is 5.69 Å². The lowest BCUT2D eigenvalue weighted by Crippen LogP contribution is -2.52. The fourth-order valence-corrected chi connectivity index (χ4v) is 2.60. The normalized spacial score (nSPS) is 14.8. The summed E-state index contributed by atoms with van der Waals surface area (Å²) in [7, 11) is 2.03. The smallest absolute Gasteiger partial charge is 0.404 e. The molecule has 1 aromatic rings. The fraction of sp³-hybridized carbons (Fsp3) is 0.533. The van der Waals surface area contributed by atoms with Crippen LogP contribution in [0.4, 0.5) is 10.5 Å². The van der Waals surface area contributed by atoms with Crippen molar-refractivity contribution in [1.29, 1.82) is 0 Å². The second-order valence-electron chi connectivity index (χ2n) is 5.70. The Kier molecular flexibility index (Phi) is 6.60. The van der Waals surface area contributed by atoms with Gasteiger partial charge in [-0.25, -0.2) is 9.80 Å². The molecule has 8 heteroatoms. The summed E-state index contributed by atoms with van der Waals surface area (Å²) < 4.78 is 0.